The van der Waals surface area contributed by atoms with Crippen molar-refractivity contribution in [2.24, 2.45) is 5.16 Å². The minimum atomic E-state index is 0.165. The van der Waals surface area contributed by atoms with Crippen molar-refractivity contribution in [3.05, 3.63) is 42.0 Å². The van der Waals surface area contributed by atoms with E-state index in [0.29, 0.717) is 5.56 Å². The molecule has 2 N–H and O–H groups in total. The van der Waals surface area contributed by atoms with Crippen LogP contribution in [-0.2, 0) is 0 Å². The highest BCUT2D eigenvalue weighted by Gasteiger charge is 2.00. The fourth-order valence-corrected chi connectivity index (χ4v) is 1.49. The van der Waals surface area contributed by atoms with E-state index >= 15 is 0 Å². The molecule has 3 nitrogen and oxygen atoms in total. The minimum Gasteiger partial charge on any atom is -0.508 e. The van der Waals surface area contributed by atoms with Crippen molar-refractivity contribution in [3.63, 3.8) is 0 Å². The third kappa shape index (κ3) is 1.40. The van der Waals surface area contributed by atoms with Crippen molar-refractivity contribution in [1.29, 1.82) is 0 Å². The van der Waals surface area contributed by atoms with Gasteiger partial charge >= 0.3 is 0 Å². The molecular weight excluding hydrogens is 178 g/mol. The molecule has 0 radical (unpaired) electrons. The number of fused-ring (bicyclic) bond motifs is 1. The number of nitrogens with zero attached hydrogens (tertiary/aromatic N) is 1. The smallest absolute Gasteiger partial charge is 0.116 e. The molecule has 0 aromatic heterocycles. The predicted octanol–water partition coefficient (Wildman–Crippen LogP) is 2.35. The van der Waals surface area contributed by atoms with Crippen LogP contribution in [0.2, 0.25) is 0 Å². The Morgan fingerprint density at radius 2 is 1.93 bits per heavy atom. The van der Waals surface area contributed by atoms with E-state index in [-0.39, 0.29) is 5.75 Å². The van der Waals surface area contributed by atoms with E-state index in [1.165, 1.54) is 6.21 Å². The van der Waals surface area contributed by atoms with Crippen LogP contribution in [0.1, 0.15) is 5.56 Å². The minimum absolute atomic E-state index is 0.165. The number of hydrogen-bond acceptors (Lipinski definition) is 3. The van der Waals surface area contributed by atoms with Gasteiger partial charge in [0.2, 0.25) is 0 Å². The van der Waals surface area contributed by atoms with Crippen molar-refractivity contribution >= 4 is 17.0 Å². The fraction of sp³-hybridized carbons (Fsp3) is 0. The molecule has 0 atom stereocenters. The highest BCUT2D eigenvalue weighted by Crippen LogP contribution is 2.23. The molecular formula is C11H9NO2. The first-order chi connectivity index (χ1) is 6.81. The molecule has 0 heterocycles. The van der Waals surface area contributed by atoms with Crippen LogP contribution >= 0.6 is 0 Å². The maximum atomic E-state index is 9.39. The van der Waals surface area contributed by atoms with Crippen LogP contribution in [0.25, 0.3) is 10.8 Å². The predicted molar refractivity (Wildman–Crippen MR) is 55.0 cm³/mol. The Balaban J connectivity index is 2.79. The lowest BCUT2D eigenvalue weighted by Gasteiger charge is -2.02. The molecule has 0 fully saturated rings. The van der Waals surface area contributed by atoms with Crippen LogP contribution in [-0.4, -0.2) is 16.5 Å². The molecule has 2 rings (SSSR count). The molecule has 0 spiro atoms. The first-order valence-electron chi connectivity index (χ1n) is 4.20. The van der Waals surface area contributed by atoms with Crippen LogP contribution in [0, 0.1) is 0 Å². The van der Waals surface area contributed by atoms with Gasteiger partial charge in [-0.15, -0.1) is 0 Å². The van der Waals surface area contributed by atoms with E-state index in [4.69, 9.17) is 5.21 Å². The molecule has 3 heteroatoms. The normalized spacial score (nSPS) is 11.1. The molecule has 0 saturated carbocycles. The highest BCUT2D eigenvalue weighted by atomic mass is 16.4. The summed E-state index contributed by atoms with van der Waals surface area (Å²) in [5.74, 6) is 0.165. The van der Waals surface area contributed by atoms with Gasteiger partial charge in [0.15, 0.2) is 0 Å². The molecule has 0 amide bonds. The maximum absolute atomic E-state index is 9.39. The number of phenolic OH excluding ortho intramolecular Hbond substituents is 1. The van der Waals surface area contributed by atoms with E-state index in [1.807, 2.05) is 24.3 Å². The van der Waals surface area contributed by atoms with Gasteiger partial charge in [0, 0.05) is 5.56 Å². The lowest BCUT2D eigenvalue weighted by atomic mass is 10.0. The van der Waals surface area contributed by atoms with Crippen molar-refractivity contribution in [3.8, 4) is 5.75 Å². The first kappa shape index (κ1) is 8.56. The molecule has 2 aromatic rings. The quantitative estimate of drug-likeness (QED) is 0.409. The fourth-order valence-electron chi connectivity index (χ4n) is 1.49. The van der Waals surface area contributed by atoms with Gasteiger partial charge in [-0.3, -0.25) is 0 Å². The maximum Gasteiger partial charge on any atom is 0.116 e. The standard InChI is InChI=1S/C11H9NO2/c13-10-5-8-3-1-2-4-11(8)9(6-10)7-12-14/h1-7,13-14H. The SMILES string of the molecule is ON=Cc1cc(O)cc2ccccc12. The van der Waals surface area contributed by atoms with Crippen LogP contribution in [0.5, 0.6) is 5.75 Å². The van der Waals surface area contributed by atoms with E-state index < -0.39 is 0 Å². The highest BCUT2D eigenvalue weighted by molar-refractivity contribution is 6.00. The average molecular weight is 187 g/mol. The number of rotatable bonds is 1. The molecule has 0 aliphatic heterocycles. The summed E-state index contributed by atoms with van der Waals surface area (Å²) < 4.78 is 0. The van der Waals surface area contributed by atoms with Gasteiger partial charge in [-0.2, -0.15) is 0 Å². The van der Waals surface area contributed by atoms with Gasteiger partial charge in [-0.25, -0.2) is 0 Å². The zero-order chi connectivity index (χ0) is 9.97. The summed E-state index contributed by atoms with van der Waals surface area (Å²) in [6.07, 6.45) is 1.31. The Morgan fingerprint density at radius 1 is 1.14 bits per heavy atom. The van der Waals surface area contributed by atoms with Crippen LogP contribution in [0.15, 0.2) is 41.6 Å². The van der Waals surface area contributed by atoms with Gasteiger partial charge in [0.1, 0.15) is 5.75 Å². The molecule has 0 bridgehead atoms. The Hall–Kier alpha value is -2.03. The second-order valence-corrected chi connectivity index (χ2v) is 3.00. The number of phenols is 1. The lowest BCUT2D eigenvalue weighted by molar-refractivity contribution is 0.322. The van der Waals surface area contributed by atoms with Gasteiger partial charge in [-0.05, 0) is 22.9 Å². The summed E-state index contributed by atoms with van der Waals surface area (Å²) in [7, 11) is 0. The summed E-state index contributed by atoms with van der Waals surface area (Å²) in [5.41, 5.74) is 0.697. The third-order valence-electron chi connectivity index (χ3n) is 2.08. The van der Waals surface area contributed by atoms with E-state index in [0.717, 1.165) is 10.8 Å². The van der Waals surface area contributed by atoms with Crippen LogP contribution < -0.4 is 0 Å². The summed E-state index contributed by atoms with van der Waals surface area (Å²) in [6.45, 7) is 0. The molecule has 70 valence electrons. The summed E-state index contributed by atoms with van der Waals surface area (Å²) in [5, 5.41) is 22.7. The van der Waals surface area contributed by atoms with Crippen molar-refractivity contribution in [2.45, 2.75) is 0 Å². The second kappa shape index (κ2) is 3.38. The second-order valence-electron chi connectivity index (χ2n) is 3.00. The number of hydrogen-bond donors (Lipinski definition) is 2. The van der Waals surface area contributed by atoms with Gasteiger partial charge in [0.25, 0.3) is 0 Å². The van der Waals surface area contributed by atoms with E-state index in [9.17, 15) is 5.11 Å². The van der Waals surface area contributed by atoms with E-state index in [1.54, 1.807) is 12.1 Å². The average Bonchev–Trinajstić information content (AvgIpc) is 2.18. The number of oxime groups is 1. The van der Waals surface area contributed by atoms with Crippen molar-refractivity contribution in [2.75, 3.05) is 0 Å². The lowest BCUT2D eigenvalue weighted by Crippen LogP contribution is -1.84. The van der Waals surface area contributed by atoms with E-state index in [2.05, 4.69) is 5.16 Å². The van der Waals surface area contributed by atoms with Gasteiger partial charge in [0.05, 0.1) is 6.21 Å². The van der Waals surface area contributed by atoms with Gasteiger partial charge < -0.3 is 10.3 Å². The Labute approximate surface area is 80.9 Å². The zero-order valence-corrected chi connectivity index (χ0v) is 7.38. The molecule has 14 heavy (non-hydrogen) atoms. The molecule has 0 saturated heterocycles. The van der Waals surface area contributed by atoms with Gasteiger partial charge in [-0.1, -0.05) is 29.4 Å². The zero-order valence-electron chi connectivity index (χ0n) is 7.38. The summed E-state index contributed by atoms with van der Waals surface area (Å²) >= 11 is 0. The number of aromatic hydroxyl groups is 1. The summed E-state index contributed by atoms with van der Waals surface area (Å²) in [4.78, 5) is 0. The molecule has 2 aromatic carbocycles. The summed E-state index contributed by atoms with van der Waals surface area (Å²) in [6, 6.07) is 10.8. The molecule has 0 aliphatic carbocycles. The van der Waals surface area contributed by atoms with Crippen molar-refractivity contribution < 1.29 is 10.3 Å². The number of benzene rings is 2. The monoisotopic (exact) mass is 187 g/mol. The Morgan fingerprint density at radius 3 is 2.71 bits per heavy atom. The topological polar surface area (TPSA) is 52.8 Å². The first-order valence-corrected chi connectivity index (χ1v) is 4.20. The Bertz CT molecular complexity index is 492. The van der Waals surface area contributed by atoms with Crippen LogP contribution in [0.4, 0.5) is 0 Å². The largest absolute Gasteiger partial charge is 0.508 e. The molecule has 0 unspecified atom stereocenters. The molecule has 0 aliphatic rings. The van der Waals surface area contributed by atoms with Crippen molar-refractivity contribution in [1.82, 2.24) is 0 Å². The van der Waals surface area contributed by atoms with Crippen LogP contribution in [0.3, 0.4) is 0 Å². The third-order valence-corrected chi connectivity index (χ3v) is 2.08. The Kier molecular flexibility index (Phi) is 2.07.